The predicted octanol–water partition coefficient (Wildman–Crippen LogP) is 0.759. The van der Waals surface area contributed by atoms with Crippen LogP contribution in [0.25, 0.3) is 0 Å². The average molecular weight is 206 g/mol. The highest BCUT2D eigenvalue weighted by Gasteiger charge is 2.30. The van der Waals surface area contributed by atoms with Crippen LogP contribution in [-0.4, -0.2) is 25.1 Å². The average Bonchev–Trinajstić information content (AvgIpc) is 2.25. The van der Waals surface area contributed by atoms with Crippen LogP contribution in [0.4, 0.5) is 5.69 Å². The smallest absolute Gasteiger partial charge is 0.267 e. The normalized spacial score (nSPS) is 19.7. The maximum absolute atomic E-state index is 11.8. The van der Waals surface area contributed by atoms with Crippen molar-refractivity contribution < 1.29 is 9.53 Å². The molecule has 1 heterocycles. The lowest BCUT2D eigenvalue weighted by atomic mass is 10.2. The van der Waals surface area contributed by atoms with Gasteiger partial charge in [-0.3, -0.25) is 4.79 Å². The summed E-state index contributed by atoms with van der Waals surface area (Å²) in [6, 6.07) is 7.51. The van der Waals surface area contributed by atoms with Gasteiger partial charge in [-0.05, 0) is 19.1 Å². The van der Waals surface area contributed by atoms with Gasteiger partial charge in [0.15, 0.2) is 6.10 Å². The van der Waals surface area contributed by atoms with Gasteiger partial charge < -0.3 is 15.4 Å². The topological polar surface area (TPSA) is 55.6 Å². The Kier molecular flexibility index (Phi) is 2.60. The Morgan fingerprint density at radius 2 is 2.20 bits per heavy atom. The molecule has 0 fully saturated rings. The number of nitrogens with two attached hydrogens (primary N) is 1. The van der Waals surface area contributed by atoms with E-state index in [4.69, 9.17) is 10.5 Å². The summed E-state index contributed by atoms with van der Waals surface area (Å²) in [6.45, 7) is 2.73. The lowest BCUT2D eigenvalue weighted by Gasteiger charge is -2.32. The molecular formula is C11H14N2O2. The number of anilines is 1. The van der Waals surface area contributed by atoms with E-state index in [9.17, 15) is 4.79 Å². The zero-order valence-electron chi connectivity index (χ0n) is 8.64. The first-order valence-electron chi connectivity index (χ1n) is 5.01. The molecule has 1 unspecified atom stereocenters. The van der Waals surface area contributed by atoms with Crippen molar-refractivity contribution in [2.24, 2.45) is 5.73 Å². The van der Waals surface area contributed by atoms with E-state index in [-0.39, 0.29) is 5.91 Å². The van der Waals surface area contributed by atoms with E-state index in [0.717, 1.165) is 11.4 Å². The van der Waals surface area contributed by atoms with Gasteiger partial charge in [0.05, 0.1) is 5.69 Å². The van der Waals surface area contributed by atoms with Crippen LogP contribution in [0.1, 0.15) is 6.92 Å². The molecule has 1 aromatic rings. The number of hydrogen-bond donors (Lipinski definition) is 1. The Labute approximate surface area is 88.6 Å². The lowest BCUT2D eigenvalue weighted by molar-refractivity contribution is -0.125. The second-order valence-corrected chi connectivity index (χ2v) is 3.51. The minimum atomic E-state index is -0.425. The van der Waals surface area contributed by atoms with E-state index in [0.29, 0.717) is 13.1 Å². The molecule has 0 spiro atoms. The molecule has 15 heavy (non-hydrogen) atoms. The van der Waals surface area contributed by atoms with Gasteiger partial charge in [-0.1, -0.05) is 12.1 Å². The molecule has 4 heteroatoms. The van der Waals surface area contributed by atoms with E-state index in [1.807, 2.05) is 24.3 Å². The van der Waals surface area contributed by atoms with Crippen LogP contribution in [0.15, 0.2) is 24.3 Å². The van der Waals surface area contributed by atoms with Gasteiger partial charge in [-0.2, -0.15) is 0 Å². The van der Waals surface area contributed by atoms with E-state index < -0.39 is 6.10 Å². The highest BCUT2D eigenvalue weighted by Crippen LogP contribution is 2.33. The fraction of sp³-hybridized carbons (Fsp3) is 0.364. The van der Waals surface area contributed by atoms with Crippen LogP contribution < -0.4 is 15.4 Å². The van der Waals surface area contributed by atoms with Crippen molar-refractivity contribution in [1.29, 1.82) is 0 Å². The molecule has 1 amide bonds. The van der Waals surface area contributed by atoms with Gasteiger partial charge in [0.2, 0.25) is 0 Å². The highest BCUT2D eigenvalue weighted by atomic mass is 16.5. The van der Waals surface area contributed by atoms with E-state index in [1.165, 1.54) is 0 Å². The zero-order valence-corrected chi connectivity index (χ0v) is 8.64. The Bertz CT molecular complexity index is 379. The summed E-state index contributed by atoms with van der Waals surface area (Å²) in [6.07, 6.45) is -0.425. The lowest BCUT2D eigenvalue weighted by Crippen LogP contribution is -2.46. The maximum atomic E-state index is 11.8. The molecule has 1 atom stereocenters. The number of fused-ring (bicyclic) bond motifs is 1. The van der Waals surface area contributed by atoms with Gasteiger partial charge in [0.1, 0.15) is 5.75 Å². The van der Waals surface area contributed by atoms with Crippen molar-refractivity contribution >= 4 is 11.6 Å². The molecule has 0 aromatic heterocycles. The third-order valence-electron chi connectivity index (χ3n) is 2.43. The summed E-state index contributed by atoms with van der Waals surface area (Å²) in [5.74, 6) is 0.720. The van der Waals surface area contributed by atoms with Crippen LogP contribution >= 0.6 is 0 Å². The second kappa shape index (κ2) is 3.90. The third-order valence-corrected chi connectivity index (χ3v) is 2.43. The van der Waals surface area contributed by atoms with Crippen molar-refractivity contribution in [2.45, 2.75) is 13.0 Å². The van der Waals surface area contributed by atoms with Crippen molar-refractivity contribution in [3.8, 4) is 5.75 Å². The molecule has 0 radical (unpaired) electrons. The molecule has 0 saturated carbocycles. The molecule has 2 N–H and O–H groups in total. The second-order valence-electron chi connectivity index (χ2n) is 3.51. The molecule has 2 rings (SSSR count). The first-order chi connectivity index (χ1) is 7.24. The van der Waals surface area contributed by atoms with Gasteiger partial charge in [0.25, 0.3) is 5.91 Å². The van der Waals surface area contributed by atoms with Gasteiger partial charge in [-0.25, -0.2) is 0 Å². The number of amides is 1. The monoisotopic (exact) mass is 206 g/mol. The summed E-state index contributed by atoms with van der Waals surface area (Å²) in [5.41, 5.74) is 6.30. The van der Waals surface area contributed by atoms with E-state index >= 15 is 0 Å². The van der Waals surface area contributed by atoms with Crippen LogP contribution in [0, 0.1) is 0 Å². The third kappa shape index (κ3) is 1.68. The molecule has 1 aliphatic rings. The van der Waals surface area contributed by atoms with Crippen molar-refractivity contribution in [2.75, 3.05) is 18.0 Å². The minimum absolute atomic E-state index is 0.0286. The number of nitrogens with zero attached hydrogens (tertiary/aromatic N) is 1. The number of rotatable bonds is 2. The highest BCUT2D eigenvalue weighted by molar-refractivity contribution is 5.99. The quantitative estimate of drug-likeness (QED) is 0.777. The maximum Gasteiger partial charge on any atom is 0.267 e. The van der Waals surface area contributed by atoms with Crippen molar-refractivity contribution in [3.63, 3.8) is 0 Å². The number of ether oxygens (including phenoxy) is 1. The van der Waals surface area contributed by atoms with Crippen molar-refractivity contribution in [3.05, 3.63) is 24.3 Å². The van der Waals surface area contributed by atoms with Gasteiger partial charge in [-0.15, -0.1) is 0 Å². The van der Waals surface area contributed by atoms with Gasteiger partial charge in [0, 0.05) is 13.1 Å². The molecule has 0 bridgehead atoms. The number of hydrogen-bond acceptors (Lipinski definition) is 3. The number of para-hydroxylation sites is 2. The molecule has 0 saturated heterocycles. The Hall–Kier alpha value is -1.55. The molecule has 80 valence electrons. The number of carbonyl (C=O) groups excluding carboxylic acids is 1. The Morgan fingerprint density at radius 3 is 2.93 bits per heavy atom. The Balaban J connectivity index is 2.40. The number of benzene rings is 1. The molecule has 4 nitrogen and oxygen atoms in total. The summed E-state index contributed by atoms with van der Waals surface area (Å²) in [7, 11) is 0. The number of carbonyl (C=O) groups is 1. The SMILES string of the molecule is CC1Oc2ccccc2N(CCN)C1=O. The summed E-state index contributed by atoms with van der Waals surface area (Å²) in [4.78, 5) is 13.5. The molecular weight excluding hydrogens is 192 g/mol. The molecule has 0 aliphatic carbocycles. The fourth-order valence-electron chi connectivity index (χ4n) is 1.72. The van der Waals surface area contributed by atoms with E-state index in [1.54, 1.807) is 11.8 Å². The first-order valence-corrected chi connectivity index (χ1v) is 5.01. The summed E-state index contributed by atoms with van der Waals surface area (Å²) in [5, 5.41) is 0. The fourth-order valence-corrected chi connectivity index (χ4v) is 1.72. The summed E-state index contributed by atoms with van der Waals surface area (Å²) >= 11 is 0. The molecule has 1 aromatic carbocycles. The molecule has 1 aliphatic heterocycles. The Morgan fingerprint density at radius 1 is 1.47 bits per heavy atom. The first kappa shape index (κ1) is 9.98. The van der Waals surface area contributed by atoms with Crippen LogP contribution in [0.5, 0.6) is 5.75 Å². The minimum Gasteiger partial charge on any atom is -0.479 e. The standard InChI is InChI=1S/C11H14N2O2/c1-8-11(14)13(7-6-12)9-4-2-3-5-10(9)15-8/h2-5,8H,6-7,12H2,1H3. The van der Waals surface area contributed by atoms with E-state index in [2.05, 4.69) is 0 Å². The van der Waals surface area contributed by atoms with Crippen LogP contribution in [-0.2, 0) is 4.79 Å². The van der Waals surface area contributed by atoms with Crippen molar-refractivity contribution in [1.82, 2.24) is 0 Å². The zero-order chi connectivity index (χ0) is 10.8. The van der Waals surface area contributed by atoms with Crippen LogP contribution in [0.2, 0.25) is 0 Å². The van der Waals surface area contributed by atoms with Gasteiger partial charge >= 0.3 is 0 Å². The predicted molar refractivity (Wildman–Crippen MR) is 57.9 cm³/mol. The largest absolute Gasteiger partial charge is 0.479 e. The summed E-state index contributed by atoms with van der Waals surface area (Å²) < 4.78 is 5.49. The van der Waals surface area contributed by atoms with Crippen LogP contribution in [0.3, 0.4) is 0 Å².